The first-order valence-electron chi connectivity index (χ1n) is 0. The molecular weight excluding hydrogens is 734 g/mol. The van der Waals surface area contributed by atoms with Crippen molar-refractivity contribution < 1.29 is 61.3 Å². The van der Waals surface area contributed by atoms with Crippen LogP contribution >= 0.6 is 0 Å². The first-order chi connectivity index (χ1) is 0. The molecule has 0 spiro atoms. The summed E-state index contributed by atoms with van der Waals surface area (Å²) in [6.45, 7) is 0. The summed E-state index contributed by atoms with van der Waals surface area (Å²) in [6.07, 6.45) is 0. The second-order valence-corrected chi connectivity index (χ2v) is 0. The van der Waals surface area contributed by atoms with Gasteiger partial charge in [-0.2, -0.15) is 0 Å². The second kappa shape index (κ2) is 24.9. The molecule has 0 fully saturated rings. The fraction of sp³-hybridized carbons (Fsp3) is 0. The van der Waals surface area contributed by atoms with Gasteiger partial charge in [-0.3, -0.25) is 0 Å². The summed E-state index contributed by atoms with van der Waals surface area (Å²) in [5, 5.41) is 0. The van der Waals surface area contributed by atoms with E-state index in [1.54, 1.807) is 0 Å². The predicted molar refractivity (Wildman–Crippen MR) is 11.5 cm³/mol. The Morgan fingerprint density at radius 3 is 0.400 bits per heavy atom. The summed E-state index contributed by atoms with van der Waals surface area (Å²) in [7, 11) is 0. The Bertz CT molecular complexity index is 4.85. The first kappa shape index (κ1) is 36.9. The summed E-state index contributed by atoms with van der Waals surface area (Å²) in [5.41, 5.74) is 0. The molecule has 38 valence electrons. The molecule has 0 aromatic carbocycles. The molecule has 0 saturated carbocycles. The van der Waals surface area contributed by atoms with Gasteiger partial charge in [-0.05, 0) is 0 Å². The van der Waals surface area contributed by atoms with Crippen LogP contribution in [0.3, 0.4) is 0 Å². The van der Waals surface area contributed by atoms with Gasteiger partial charge in [-0.1, -0.05) is 0 Å². The van der Waals surface area contributed by atoms with Crippen molar-refractivity contribution in [2.45, 2.75) is 0 Å². The Hall–Kier alpha value is 3.83. The van der Waals surface area contributed by atoms with Crippen LogP contribution in [-0.2, 0) is 61.3 Å². The fourth-order valence-corrected chi connectivity index (χ4v) is 0. The van der Waals surface area contributed by atoms with E-state index >= 15 is 0 Å². The van der Waals surface area contributed by atoms with E-state index in [4.69, 9.17) is 0 Å². The van der Waals surface area contributed by atoms with Crippen molar-refractivity contribution in [1.82, 2.24) is 0 Å². The zero-order valence-corrected chi connectivity index (χ0v) is 14.4. The molecule has 0 atom stereocenters. The topological polar surface area (TPSA) is 0 Å². The van der Waals surface area contributed by atoms with Gasteiger partial charge < -0.3 is 0 Å². The van der Waals surface area contributed by atoms with Crippen LogP contribution in [0, 0.1) is 0 Å². The summed E-state index contributed by atoms with van der Waals surface area (Å²) in [4.78, 5) is 0. The van der Waals surface area contributed by atoms with Crippen LogP contribution in [0.25, 0.3) is 0 Å². The van der Waals surface area contributed by atoms with Gasteiger partial charge in [0.25, 0.3) is 0 Å². The van der Waals surface area contributed by atoms with Crippen LogP contribution in [0.2, 0.25) is 0 Å². The summed E-state index contributed by atoms with van der Waals surface area (Å²) in [6, 6.07) is 0. The molecule has 0 aromatic heterocycles. The maximum Gasteiger partial charge on any atom is 0 e. The number of hydrogen-bond donors (Lipinski definition) is 0. The molecule has 0 bridgehead atoms. The average Bonchev–Trinajstić information content (AvgIpc) is 0. The van der Waals surface area contributed by atoms with Crippen molar-refractivity contribution in [3.05, 3.63) is 0 Å². The van der Waals surface area contributed by atoms with Crippen LogP contribution in [-0.4, -0.2) is 54.6 Å². The molecular formula is Pb2Pd3. The van der Waals surface area contributed by atoms with Crippen molar-refractivity contribution in [3.63, 3.8) is 0 Å². The zero-order valence-electron chi connectivity index (χ0n) is 1.95. The molecule has 0 amide bonds. The van der Waals surface area contributed by atoms with E-state index in [0.717, 1.165) is 0 Å². The van der Waals surface area contributed by atoms with Crippen molar-refractivity contribution in [2.75, 3.05) is 0 Å². The molecule has 0 aliphatic carbocycles. The molecule has 0 saturated heterocycles. The third kappa shape index (κ3) is 18.1. The largest absolute Gasteiger partial charge is 0 e. The number of hydrogen-bond acceptors (Lipinski definition) is 0. The molecule has 0 unspecified atom stereocenters. The van der Waals surface area contributed by atoms with Gasteiger partial charge in [0.2, 0.25) is 0 Å². The monoisotopic (exact) mass is 734 g/mol. The molecule has 0 aromatic rings. The van der Waals surface area contributed by atoms with Crippen LogP contribution < -0.4 is 0 Å². The summed E-state index contributed by atoms with van der Waals surface area (Å²) >= 11 is 0. The average molecular weight is 734 g/mol. The van der Waals surface area contributed by atoms with E-state index in [1.165, 1.54) is 0 Å². The van der Waals surface area contributed by atoms with Gasteiger partial charge in [-0.15, -0.1) is 0 Å². The van der Waals surface area contributed by atoms with Crippen molar-refractivity contribution >= 4 is 54.6 Å². The molecule has 0 rings (SSSR count). The smallest absolute Gasteiger partial charge is 0 e. The Morgan fingerprint density at radius 2 is 0.400 bits per heavy atom. The Morgan fingerprint density at radius 1 is 0.400 bits per heavy atom. The third-order valence-electron chi connectivity index (χ3n) is 0. The molecule has 8 radical (unpaired) electrons. The molecule has 0 nitrogen and oxygen atoms in total. The van der Waals surface area contributed by atoms with Gasteiger partial charge in [0.15, 0.2) is 0 Å². The quantitative estimate of drug-likeness (QED) is 0.288. The fourth-order valence-electron chi connectivity index (χ4n) is 0. The van der Waals surface area contributed by atoms with Gasteiger partial charge in [0.05, 0.1) is 0 Å². The van der Waals surface area contributed by atoms with Crippen LogP contribution in [0.1, 0.15) is 0 Å². The van der Waals surface area contributed by atoms with Gasteiger partial charge in [-0.25, -0.2) is 0 Å². The Balaban J connectivity index is 0. The van der Waals surface area contributed by atoms with E-state index in [0.29, 0.717) is 0 Å². The van der Waals surface area contributed by atoms with E-state index in [-0.39, 0.29) is 116 Å². The van der Waals surface area contributed by atoms with Crippen LogP contribution in [0.5, 0.6) is 0 Å². The third-order valence-corrected chi connectivity index (χ3v) is 0. The molecule has 0 aliphatic rings. The molecule has 0 aliphatic heterocycles. The predicted octanol–water partition coefficient (Wildman–Crippen LogP) is -0.769. The van der Waals surface area contributed by atoms with Crippen LogP contribution in [0.15, 0.2) is 0 Å². The van der Waals surface area contributed by atoms with Crippen molar-refractivity contribution in [1.29, 1.82) is 0 Å². The minimum absolute atomic E-state index is 0. The van der Waals surface area contributed by atoms with Gasteiger partial charge in [0.1, 0.15) is 0 Å². The minimum atomic E-state index is 0. The standard InChI is InChI=1S/2Pb.3Pd. The van der Waals surface area contributed by atoms with Crippen molar-refractivity contribution in [2.24, 2.45) is 0 Å². The molecule has 5 heteroatoms. The van der Waals surface area contributed by atoms with Gasteiger partial charge >= 0.3 is 0 Å². The van der Waals surface area contributed by atoms with E-state index in [9.17, 15) is 0 Å². The summed E-state index contributed by atoms with van der Waals surface area (Å²) < 4.78 is 0. The van der Waals surface area contributed by atoms with Crippen molar-refractivity contribution in [3.8, 4) is 0 Å². The van der Waals surface area contributed by atoms with E-state index < -0.39 is 0 Å². The second-order valence-electron chi connectivity index (χ2n) is 0. The minimum Gasteiger partial charge on any atom is 0 e. The maximum absolute atomic E-state index is 0. The SMILES string of the molecule is [Pb].[Pb].[Pd].[Pd].[Pd]. The number of rotatable bonds is 0. The maximum atomic E-state index is 0. The normalized spacial score (nSPS) is 0. The van der Waals surface area contributed by atoms with Crippen LogP contribution in [0.4, 0.5) is 0 Å². The summed E-state index contributed by atoms with van der Waals surface area (Å²) in [5.74, 6) is 0. The Kier molecular flexibility index (Phi) is 184. The zero-order chi connectivity index (χ0) is 0. The molecule has 5 heavy (non-hydrogen) atoms. The molecule has 0 N–H and O–H groups in total. The van der Waals surface area contributed by atoms with Gasteiger partial charge in [0, 0.05) is 116 Å². The first-order valence-corrected chi connectivity index (χ1v) is 0. The Labute approximate surface area is 113 Å². The van der Waals surface area contributed by atoms with E-state index in [1.807, 2.05) is 0 Å². The molecule has 0 heterocycles. The van der Waals surface area contributed by atoms with E-state index in [2.05, 4.69) is 0 Å².